The molecule has 0 unspecified atom stereocenters. The summed E-state index contributed by atoms with van der Waals surface area (Å²) in [5, 5.41) is 14.6. The summed E-state index contributed by atoms with van der Waals surface area (Å²) in [6, 6.07) is 20.3. The molecule has 1 atom stereocenters. The number of amides is 1. The predicted octanol–water partition coefficient (Wildman–Crippen LogP) is 8.19. The zero-order valence-electron chi connectivity index (χ0n) is 22.0. The fraction of sp³-hybridized carbons (Fsp3) is 0.344. The van der Waals surface area contributed by atoms with Crippen molar-refractivity contribution in [3.8, 4) is 17.3 Å². The van der Waals surface area contributed by atoms with Crippen LogP contribution in [0.1, 0.15) is 72.5 Å². The number of hydrogen-bond donors (Lipinski definition) is 1. The SMILES string of the molecule is CCc1ccc(-c2cc(C(=O)Nc3sc4c(c3C#N)CC[C@H](C(C)(C)CC)C4)c3ccccc3n2)cc1. The second-order valence-electron chi connectivity index (χ2n) is 10.7. The predicted molar refractivity (Wildman–Crippen MR) is 153 cm³/mol. The minimum atomic E-state index is -0.203. The number of pyridine rings is 1. The molecule has 0 spiro atoms. The topological polar surface area (TPSA) is 65.8 Å². The van der Waals surface area contributed by atoms with Crippen LogP contribution in [-0.4, -0.2) is 10.9 Å². The van der Waals surface area contributed by atoms with Gasteiger partial charge in [0.05, 0.1) is 22.3 Å². The highest BCUT2D eigenvalue weighted by molar-refractivity contribution is 7.16. The van der Waals surface area contributed by atoms with E-state index in [-0.39, 0.29) is 11.3 Å². The Balaban J connectivity index is 1.51. The average Bonchev–Trinajstić information content (AvgIpc) is 3.28. The molecule has 0 bridgehead atoms. The number of hydrogen-bond acceptors (Lipinski definition) is 4. The van der Waals surface area contributed by atoms with Crippen LogP contribution >= 0.6 is 11.3 Å². The van der Waals surface area contributed by atoms with Gasteiger partial charge in [-0.2, -0.15) is 5.26 Å². The van der Waals surface area contributed by atoms with Gasteiger partial charge in [0, 0.05) is 15.8 Å². The summed E-state index contributed by atoms with van der Waals surface area (Å²) in [5.74, 6) is 0.384. The number of aryl methyl sites for hydroxylation is 1. The quantitative estimate of drug-likeness (QED) is 0.286. The Morgan fingerprint density at radius 1 is 1.16 bits per heavy atom. The monoisotopic (exact) mass is 507 g/mol. The summed E-state index contributed by atoms with van der Waals surface area (Å²) in [6.45, 7) is 9.06. The van der Waals surface area contributed by atoms with E-state index in [2.05, 4.69) is 63.3 Å². The van der Waals surface area contributed by atoms with Gasteiger partial charge in [0.1, 0.15) is 11.1 Å². The number of rotatable bonds is 6. The van der Waals surface area contributed by atoms with Crippen molar-refractivity contribution in [3.63, 3.8) is 0 Å². The third-order valence-electron chi connectivity index (χ3n) is 8.24. The molecule has 4 nitrogen and oxygen atoms in total. The molecule has 1 aliphatic rings. The van der Waals surface area contributed by atoms with Crippen LogP contribution in [0.25, 0.3) is 22.2 Å². The summed E-state index contributed by atoms with van der Waals surface area (Å²) in [5.41, 5.74) is 6.38. The van der Waals surface area contributed by atoms with Crippen LogP contribution < -0.4 is 5.32 Å². The molecule has 2 aromatic carbocycles. The van der Waals surface area contributed by atoms with Crippen LogP contribution in [0.5, 0.6) is 0 Å². The van der Waals surface area contributed by atoms with Gasteiger partial charge in [0.15, 0.2) is 0 Å². The molecule has 0 radical (unpaired) electrons. The highest BCUT2D eigenvalue weighted by Gasteiger charge is 2.34. The van der Waals surface area contributed by atoms with Crippen LogP contribution in [0.2, 0.25) is 0 Å². The molecule has 2 heterocycles. The van der Waals surface area contributed by atoms with Gasteiger partial charge in [0.25, 0.3) is 5.91 Å². The van der Waals surface area contributed by atoms with E-state index in [1.807, 2.05) is 30.3 Å². The smallest absolute Gasteiger partial charge is 0.257 e. The van der Waals surface area contributed by atoms with Gasteiger partial charge >= 0.3 is 0 Å². The Bertz CT molecular complexity index is 1510. The van der Waals surface area contributed by atoms with Crippen molar-refractivity contribution in [2.75, 3.05) is 5.32 Å². The van der Waals surface area contributed by atoms with Gasteiger partial charge in [-0.05, 0) is 60.3 Å². The molecular formula is C32H33N3OS. The van der Waals surface area contributed by atoms with Crippen molar-refractivity contribution in [2.45, 2.75) is 59.8 Å². The minimum absolute atomic E-state index is 0.203. The summed E-state index contributed by atoms with van der Waals surface area (Å²) in [7, 11) is 0. The molecule has 1 amide bonds. The fourth-order valence-electron chi connectivity index (χ4n) is 5.34. The zero-order valence-corrected chi connectivity index (χ0v) is 22.8. The molecule has 1 N–H and O–H groups in total. The second-order valence-corrected chi connectivity index (χ2v) is 11.8. The highest BCUT2D eigenvalue weighted by atomic mass is 32.1. The van der Waals surface area contributed by atoms with Crippen LogP contribution in [0.3, 0.4) is 0 Å². The molecule has 0 aliphatic heterocycles. The number of benzene rings is 2. The number of carbonyl (C=O) groups excluding carboxylic acids is 1. The number of nitrogens with one attached hydrogen (secondary N) is 1. The van der Waals surface area contributed by atoms with E-state index in [0.29, 0.717) is 22.0 Å². The normalized spacial score (nSPS) is 15.3. The number of aromatic nitrogens is 1. The molecule has 5 heteroatoms. The van der Waals surface area contributed by atoms with Gasteiger partial charge in [-0.15, -0.1) is 11.3 Å². The van der Waals surface area contributed by atoms with Crippen molar-refractivity contribution in [2.24, 2.45) is 11.3 Å². The van der Waals surface area contributed by atoms with Gasteiger partial charge in [0.2, 0.25) is 0 Å². The number of anilines is 1. The first kappa shape index (κ1) is 25.2. The Morgan fingerprint density at radius 3 is 2.62 bits per heavy atom. The Hall–Kier alpha value is -3.49. The standard InChI is InChI=1S/C32H33N3OS/c1-5-20-11-13-21(14-12-20)28-18-25(23-9-7-8-10-27(23)34-28)30(36)35-31-26(19-33)24-16-15-22(17-29(24)37-31)32(3,4)6-2/h7-14,18,22H,5-6,15-17H2,1-4H3,(H,35,36)/t22-/m0/s1. The van der Waals surface area contributed by atoms with E-state index in [1.54, 1.807) is 11.3 Å². The molecular weight excluding hydrogens is 474 g/mol. The second kappa shape index (κ2) is 10.1. The number of para-hydroxylation sites is 1. The third-order valence-corrected chi connectivity index (χ3v) is 9.41. The summed E-state index contributed by atoms with van der Waals surface area (Å²) in [6.07, 6.45) is 5.06. The van der Waals surface area contributed by atoms with Gasteiger partial charge in [-0.3, -0.25) is 4.79 Å². The lowest BCUT2D eigenvalue weighted by Crippen LogP contribution is -2.28. The van der Waals surface area contributed by atoms with E-state index in [9.17, 15) is 10.1 Å². The maximum atomic E-state index is 13.7. The van der Waals surface area contributed by atoms with Gasteiger partial charge in [-0.1, -0.05) is 76.6 Å². The number of fused-ring (bicyclic) bond motifs is 2. The number of thiophene rings is 1. The first-order valence-corrected chi connectivity index (χ1v) is 14.0. The van der Waals surface area contributed by atoms with E-state index in [0.717, 1.165) is 59.8 Å². The number of carbonyl (C=O) groups is 1. The lowest BCUT2D eigenvalue weighted by molar-refractivity contribution is 0.102. The maximum absolute atomic E-state index is 13.7. The van der Waals surface area contributed by atoms with Crippen LogP contribution in [-0.2, 0) is 19.3 Å². The van der Waals surface area contributed by atoms with E-state index >= 15 is 0 Å². The van der Waals surface area contributed by atoms with E-state index in [4.69, 9.17) is 4.98 Å². The fourth-order valence-corrected chi connectivity index (χ4v) is 6.61. The van der Waals surface area contributed by atoms with Crippen molar-refractivity contribution >= 4 is 33.1 Å². The molecule has 0 fully saturated rings. The molecule has 2 aromatic heterocycles. The first-order chi connectivity index (χ1) is 17.8. The summed E-state index contributed by atoms with van der Waals surface area (Å²) < 4.78 is 0. The Morgan fingerprint density at radius 2 is 1.92 bits per heavy atom. The van der Waals surface area contributed by atoms with E-state index < -0.39 is 0 Å². The number of nitriles is 1. The lowest BCUT2D eigenvalue weighted by Gasteiger charge is -2.36. The summed E-state index contributed by atoms with van der Waals surface area (Å²) >= 11 is 1.58. The van der Waals surface area contributed by atoms with Gasteiger partial charge in [-0.25, -0.2) is 4.98 Å². The molecule has 5 rings (SSSR count). The molecule has 0 saturated carbocycles. The lowest BCUT2D eigenvalue weighted by atomic mass is 9.69. The number of nitrogens with zero attached hydrogens (tertiary/aromatic N) is 2. The van der Waals surface area contributed by atoms with Crippen molar-refractivity contribution in [1.29, 1.82) is 5.26 Å². The van der Waals surface area contributed by atoms with E-state index in [1.165, 1.54) is 10.4 Å². The maximum Gasteiger partial charge on any atom is 0.257 e. The molecule has 37 heavy (non-hydrogen) atoms. The molecule has 0 saturated heterocycles. The Labute approximate surface area is 223 Å². The third kappa shape index (κ3) is 4.79. The first-order valence-electron chi connectivity index (χ1n) is 13.2. The molecule has 188 valence electrons. The highest BCUT2D eigenvalue weighted by Crippen LogP contribution is 2.45. The minimum Gasteiger partial charge on any atom is -0.312 e. The van der Waals surface area contributed by atoms with Gasteiger partial charge < -0.3 is 5.32 Å². The van der Waals surface area contributed by atoms with Crippen LogP contribution in [0, 0.1) is 22.7 Å². The van der Waals surface area contributed by atoms with Crippen molar-refractivity contribution in [3.05, 3.63) is 81.7 Å². The Kier molecular flexibility index (Phi) is 6.88. The zero-order chi connectivity index (χ0) is 26.2. The van der Waals surface area contributed by atoms with Crippen molar-refractivity contribution in [1.82, 2.24) is 4.98 Å². The van der Waals surface area contributed by atoms with Crippen LogP contribution in [0.15, 0.2) is 54.6 Å². The van der Waals surface area contributed by atoms with Crippen molar-refractivity contribution < 1.29 is 4.79 Å². The average molecular weight is 508 g/mol. The summed E-state index contributed by atoms with van der Waals surface area (Å²) in [4.78, 5) is 19.8. The molecule has 4 aromatic rings. The largest absolute Gasteiger partial charge is 0.312 e. The van der Waals surface area contributed by atoms with Crippen LogP contribution in [0.4, 0.5) is 5.00 Å². The molecule has 1 aliphatic carbocycles.